The Morgan fingerprint density at radius 3 is 2.22 bits per heavy atom. The molecule has 0 atom stereocenters. The molecule has 1 aliphatic rings. The summed E-state index contributed by atoms with van der Waals surface area (Å²) in [7, 11) is -0.436. The summed E-state index contributed by atoms with van der Waals surface area (Å²) < 4.78 is 12.0. The summed E-state index contributed by atoms with van der Waals surface area (Å²) >= 11 is 6.34. The van der Waals surface area contributed by atoms with Crippen molar-refractivity contribution in [2.75, 3.05) is 0 Å². The lowest BCUT2D eigenvalue weighted by atomic mass is 9.78. The van der Waals surface area contributed by atoms with Crippen molar-refractivity contribution in [3.05, 3.63) is 28.8 Å². The van der Waals surface area contributed by atoms with Crippen LogP contribution in [0.4, 0.5) is 0 Å². The second-order valence-corrected chi connectivity index (χ2v) is 5.99. The van der Waals surface area contributed by atoms with Crippen LogP contribution >= 0.6 is 11.6 Å². The van der Waals surface area contributed by atoms with Crippen LogP contribution in [0.3, 0.4) is 0 Å². The summed E-state index contributed by atoms with van der Waals surface area (Å²) in [6.07, 6.45) is 0. The summed E-state index contributed by atoms with van der Waals surface area (Å²) in [4.78, 5) is 0. The van der Waals surface area contributed by atoms with Crippen LogP contribution < -0.4 is 11.2 Å². The van der Waals surface area contributed by atoms with E-state index in [9.17, 15) is 0 Å². The Kier molecular flexibility index (Phi) is 3.49. The molecule has 1 fully saturated rings. The van der Waals surface area contributed by atoms with Gasteiger partial charge in [-0.05, 0) is 33.3 Å². The predicted molar refractivity (Wildman–Crippen MR) is 75.1 cm³/mol. The largest absolute Gasteiger partial charge is 0.496 e. The van der Waals surface area contributed by atoms with Crippen molar-refractivity contribution in [1.29, 1.82) is 0 Å². The molecule has 0 aromatic heterocycles. The molecular weight excluding hydrogens is 248 g/mol. The zero-order valence-electron chi connectivity index (χ0n) is 11.3. The van der Waals surface area contributed by atoms with Crippen molar-refractivity contribution in [2.45, 2.75) is 45.4 Å². The highest BCUT2D eigenvalue weighted by Crippen LogP contribution is 2.37. The van der Waals surface area contributed by atoms with Gasteiger partial charge >= 0.3 is 7.12 Å². The van der Waals surface area contributed by atoms with Crippen molar-refractivity contribution < 1.29 is 9.31 Å². The van der Waals surface area contributed by atoms with Gasteiger partial charge < -0.3 is 15.0 Å². The molecule has 1 aromatic carbocycles. The standard InChI is InChI=1S/C13H19BClNO2/c1-12(2)13(3,4)18-14(17-12)10-7-5-6-9(8-16)11(10)15/h5-7H,8,16H2,1-4H3. The van der Waals surface area contributed by atoms with Crippen molar-refractivity contribution in [3.63, 3.8) is 0 Å². The number of hydrogen-bond donors (Lipinski definition) is 1. The van der Waals surface area contributed by atoms with Gasteiger partial charge in [-0.15, -0.1) is 0 Å². The van der Waals surface area contributed by atoms with E-state index in [0.29, 0.717) is 11.6 Å². The van der Waals surface area contributed by atoms with Crippen molar-refractivity contribution in [2.24, 2.45) is 5.73 Å². The Balaban J connectivity index is 2.35. The van der Waals surface area contributed by atoms with Crippen molar-refractivity contribution in [3.8, 4) is 0 Å². The van der Waals surface area contributed by atoms with E-state index in [0.717, 1.165) is 11.0 Å². The van der Waals surface area contributed by atoms with Crippen LogP contribution in [0.5, 0.6) is 0 Å². The SMILES string of the molecule is CC1(C)OB(c2cccc(CN)c2Cl)OC1(C)C. The first kappa shape index (κ1) is 13.9. The number of nitrogens with two attached hydrogens (primary N) is 1. The first-order valence-electron chi connectivity index (χ1n) is 6.11. The lowest BCUT2D eigenvalue weighted by Crippen LogP contribution is -2.41. The van der Waals surface area contributed by atoms with E-state index in [1.54, 1.807) is 0 Å². The fraction of sp³-hybridized carbons (Fsp3) is 0.538. The fourth-order valence-electron chi connectivity index (χ4n) is 1.91. The number of rotatable bonds is 2. The summed E-state index contributed by atoms with van der Waals surface area (Å²) in [6.45, 7) is 8.49. The third kappa shape index (κ3) is 2.18. The molecular formula is C13H19BClNO2. The Bertz CT molecular complexity index is 446. The first-order chi connectivity index (χ1) is 8.28. The monoisotopic (exact) mass is 267 g/mol. The van der Waals surface area contributed by atoms with Gasteiger partial charge in [-0.2, -0.15) is 0 Å². The number of benzene rings is 1. The van der Waals surface area contributed by atoms with Crippen LogP contribution in [0, 0.1) is 0 Å². The van der Waals surface area contributed by atoms with Crippen LogP contribution in [-0.2, 0) is 15.9 Å². The Morgan fingerprint density at radius 2 is 1.72 bits per heavy atom. The molecule has 0 bridgehead atoms. The Hall–Kier alpha value is -0.545. The molecule has 2 N–H and O–H groups in total. The molecule has 0 unspecified atom stereocenters. The quantitative estimate of drug-likeness (QED) is 0.835. The maximum atomic E-state index is 6.34. The van der Waals surface area contributed by atoms with E-state index in [4.69, 9.17) is 26.6 Å². The second-order valence-electron chi connectivity index (χ2n) is 5.61. The third-order valence-electron chi connectivity index (χ3n) is 3.84. The van der Waals surface area contributed by atoms with Crippen LogP contribution in [-0.4, -0.2) is 18.3 Å². The molecule has 1 aromatic rings. The van der Waals surface area contributed by atoms with Gasteiger partial charge in [0.05, 0.1) is 11.2 Å². The Labute approximate surface area is 114 Å². The van der Waals surface area contributed by atoms with Crippen LogP contribution in [0.25, 0.3) is 0 Å². The zero-order valence-corrected chi connectivity index (χ0v) is 12.0. The highest BCUT2D eigenvalue weighted by atomic mass is 35.5. The van der Waals surface area contributed by atoms with E-state index >= 15 is 0 Å². The maximum absolute atomic E-state index is 6.34. The van der Waals surface area contributed by atoms with E-state index in [1.165, 1.54) is 0 Å². The maximum Gasteiger partial charge on any atom is 0.496 e. The molecule has 98 valence electrons. The molecule has 2 rings (SSSR count). The molecule has 0 spiro atoms. The van der Waals surface area contributed by atoms with Gasteiger partial charge in [-0.3, -0.25) is 0 Å². The summed E-state index contributed by atoms with van der Waals surface area (Å²) in [5, 5.41) is 0.638. The molecule has 0 amide bonds. The molecule has 0 aliphatic carbocycles. The van der Waals surface area contributed by atoms with E-state index in [-0.39, 0.29) is 11.2 Å². The molecule has 1 heterocycles. The van der Waals surface area contributed by atoms with Gasteiger partial charge in [0, 0.05) is 17.0 Å². The van der Waals surface area contributed by atoms with Gasteiger partial charge in [0.1, 0.15) is 0 Å². The molecule has 18 heavy (non-hydrogen) atoms. The molecule has 0 radical (unpaired) electrons. The average Bonchev–Trinajstić information content (AvgIpc) is 2.48. The molecule has 1 saturated heterocycles. The predicted octanol–water partition coefficient (Wildman–Crippen LogP) is 2.10. The second kappa shape index (κ2) is 4.53. The van der Waals surface area contributed by atoms with Gasteiger partial charge in [0.15, 0.2) is 0 Å². The minimum Gasteiger partial charge on any atom is -0.399 e. The minimum atomic E-state index is -0.436. The zero-order chi connectivity index (χ0) is 13.6. The van der Waals surface area contributed by atoms with Crippen LogP contribution in [0.2, 0.25) is 5.02 Å². The van der Waals surface area contributed by atoms with Crippen LogP contribution in [0.15, 0.2) is 18.2 Å². The fourth-order valence-corrected chi connectivity index (χ4v) is 2.20. The average molecular weight is 268 g/mol. The minimum absolute atomic E-state index is 0.361. The number of halogens is 1. The smallest absolute Gasteiger partial charge is 0.399 e. The molecule has 3 nitrogen and oxygen atoms in total. The van der Waals surface area contributed by atoms with Crippen molar-refractivity contribution in [1.82, 2.24) is 0 Å². The summed E-state index contributed by atoms with van der Waals surface area (Å²) in [5.74, 6) is 0. The van der Waals surface area contributed by atoms with Gasteiger partial charge in [-0.1, -0.05) is 29.8 Å². The van der Waals surface area contributed by atoms with Gasteiger partial charge in [0.2, 0.25) is 0 Å². The summed E-state index contributed by atoms with van der Waals surface area (Å²) in [6, 6.07) is 5.76. The number of hydrogen-bond acceptors (Lipinski definition) is 3. The van der Waals surface area contributed by atoms with E-state index < -0.39 is 7.12 Å². The van der Waals surface area contributed by atoms with Crippen molar-refractivity contribution >= 4 is 24.2 Å². The van der Waals surface area contributed by atoms with E-state index in [1.807, 2.05) is 45.9 Å². The highest BCUT2D eigenvalue weighted by molar-refractivity contribution is 6.65. The van der Waals surface area contributed by atoms with Crippen LogP contribution in [0.1, 0.15) is 33.3 Å². The normalized spacial score (nSPS) is 21.3. The van der Waals surface area contributed by atoms with Gasteiger partial charge in [0.25, 0.3) is 0 Å². The molecule has 0 saturated carbocycles. The lowest BCUT2D eigenvalue weighted by molar-refractivity contribution is 0.00578. The Morgan fingerprint density at radius 1 is 1.17 bits per heavy atom. The molecule has 1 aliphatic heterocycles. The molecule has 5 heteroatoms. The third-order valence-corrected chi connectivity index (χ3v) is 4.30. The first-order valence-corrected chi connectivity index (χ1v) is 6.49. The summed E-state index contributed by atoms with van der Waals surface area (Å²) in [5.41, 5.74) is 6.69. The van der Waals surface area contributed by atoms with E-state index in [2.05, 4.69) is 0 Å². The lowest BCUT2D eigenvalue weighted by Gasteiger charge is -2.32. The topological polar surface area (TPSA) is 44.5 Å². The van der Waals surface area contributed by atoms with Gasteiger partial charge in [-0.25, -0.2) is 0 Å². The highest BCUT2D eigenvalue weighted by Gasteiger charge is 2.52.